The predicted octanol–water partition coefficient (Wildman–Crippen LogP) is 3.30. The number of amides is 2. The molecule has 2 fully saturated rings. The lowest BCUT2D eigenvalue weighted by molar-refractivity contribution is -0.148. The zero-order valence-corrected chi connectivity index (χ0v) is 18.1. The van der Waals surface area contributed by atoms with E-state index >= 15 is 0 Å². The molecule has 1 aromatic heterocycles. The van der Waals surface area contributed by atoms with Crippen LogP contribution in [-0.4, -0.2) is 56.1 Å². The molecule has 0 saturated carbocycles. The van der Waals surface area contributed by atoms with E-state index in [-0.39, 0.29) is 17.7 Å². The molecule has 6 nitrogen and oxygen atoms in total. The molecule has 3 heterocycles. The van der Waals surface area contributed by atoms with Gasteiger partial charge >= 0.3 is 5.97 Å². The minimum atomic E-state index is -0.817. The van der Waals surface area contributed by atoms with Crippen molar-refractivity contribution in [2.24, 2.45) is 11.8 Å². The van der Waals surface area contributed by atoms with E-state index in [0.29, 0.717) is 35.2 Å². The second kappa shape index (κ2) is 8.75. The second-order valence-corrected chi connectivity index (χ2v) is 9.85. The number of carboxylic acid groups (broad SMARTS) is 1. The quantitative estimate of drug-likeness (QED) is 0.561. The van der Waals surface area contributed by atoms with Crippen molar-refractivity contribution in [2.45, 2.75) is 32.7 Å². The molecular weight excluding hydrogens is 416 g/mol. The summed E-state index contributed by atoms with van der Waals surface area (Å²) in [5.41, 5.74) is 0. The Morgan fingerprint density at radius 2 is 2.00 bits per heavy atom. The van der Waals surface area contributed by atoms with Crippen molar-refractivity contribution in [1.82, 2.24) is 9.80 Å². The summed E-state index contributed by atoms with van der Waals surface area (Å²) in [6.45, 7) is 4.57. The van der Waals surface area contributed by atoms with E-state index in [4.69, 9.17) is 17.3 Å². The maximum absolute atomic E-state index is 13.2. The molecule has 0 aliphatic carbocycles. The molecule has 150 valence electrons. The van der Waals surface area contributed by atoms with Crippen LogP contribution in [0.2, 0.25) is 0 Å². The molecule has 0 radical (unpaired) electrons. The number of nitrogens with zero attached hydrogens (tertiary/aromatic N) is 2. The Morgan fingerprint density at radius 3 is 2.54 bits per heavy atom. The Labute approximate surface area is 177 Å². The van der Waals surface area contributed by atoms with Gasteiger partial charge < -0.3 is 10.0 Å². The van der Waals surface area contributed by atoms with Crippen LogP contribution in [0.25, 0.3) is 6.08 Å². The topological polar surface area (TPSA) is 77.9 Å². The molecule has 9 heteroatoms. The first-order chi connectivity index (χ1) is 13.3. The van der Waals surface area contributed by atoms with E-state index in [2.05, 4.69) is 0 Å². The van der Waals surface area contributed by atoms with Gasteiger partial charge in [0.15, 0.2) is 0 Å². The number of hydrogen-bond acceptors (Lipinski definition) is 6. The fourth-order valence-corrected chi connectivity index (χ4v) is 5.50. The highest BCUT2D eigenvalue weighted by molar-refractivity contribution is 8.26. The molecule has 2 amide bonds. The fraction of sp³-hybridized carbons (Fsp3) is 0.474. The molecular formula is C19H22N2O4S3. The van der Waals surface area contributed by atoms with Gasteiger partial charge in [-0.2, -0.15) is 0 Å². The number of carbonyl (C=O) groups is 3. The van der Waals surface area contributed by atoms with Crippen LogP contribution in [0, 0.1) is 11.8 Å². The molecule has 1 N–H and O–H groups in total. The molecule has 1 atom stereocenters. The van der Waals surface area contributed by atoms with Gasteiger partial charge in [0.25, 0.3) is 5.91 Å². The highest BCUT2D eigenvalue weighted by atomic mass is 32.2. The van der Waals surface area contributed by atoms with Crippen molar-refractivity contribution < 1.29 is 19.5 Å². The molecule has 3 rings (SSSR count). The van der Waals surface area contributed by atoms with Gasteiger partial charge in [-0.3, -0.25) is 19.3 Å². The summed E-state index contributed by atoms with van der Waals surface area (Å²) < 4.78 is 0.389. The van der Waals surface area contributed by atoms with Gasteiger partial charge in [0, 0.05) is 18.0 Å². The zero-order valence-electron chi connectivity index (χ0n) is 15.7. The van der Waals surface area contributed by atoms with Gasteiger partial charge in [0.05, 0.1) is 10.8 Å². The summed E-state index contributed by atoms with van der Waals surface area (Å²) in [5.74, 6) is -1.74. The number of likely N-dealkylation sites (tertiary alicyclic amines) is 1. The number of rotatable bonds is 5. The number of piperidine rings is 1. The monoisotopic (exact) mass is 438 g/mol. The normalized spacial score (nSPS) is 21.0. The average molecular weight is 439 g/mol. The SMILES string of the molecule is CC(C)C(C(=O)N1CCC(C(=O)O)CC1)N1C(=O)C(=Cc2cccs2)SC1=S. The van der Waals surface area contributed by atoms with Crippen LogP contribution in [-0.2, 0) is 14.4 Å². The predicted molar refractivity (Wildman–Crippen MR) is 115 cm³/mol. The number of aliphatic carboxylic acids is 1. The second-order valence-electron chi connectivity index (χ2n) is 7.19. The van der Waals surface area contributed by atoms with Crippen molar-refractivity contribution in [3.8, 4) is 0 Å². The van der Waals surface area contributed by atoms with Crippen LogP contribution in [0.15, 0.2) is 22.4 Å². The van der Waals surface area contributed by atoms with Crippen molar-refractivity contribution in [1.29, 1.82) is 0 Å². The first-order valence-corrected chi connectivity index (χ1v) is 11.2. The molecule has 0 aromatic carbocycles. The van der Waals surface area contributed by atoms with E-state index in [1.54, 1.807) is 4.90 Å². The Balaban J connectivity index is 1.78. The lowest BCUT2D eigenvalue weighted by Gasteiger charge is -2.37. The molecule has 0 spiro atoms. The third-order valence-electron chi connectivity index (χ3n) is 4.96. The Kier molecular flexibility index (Phi) is 6.57. The smallest absolute Gasteiger partial charge is 0.306 e. The maximum Gasteiger partial charge on any atom is 0.306 e. The summed E-state index contributed by atoms with van der Waals surface area (Å²) in [6.07, 6.45) is 2.68. The number of thiocarbonyl (C=S) groups is 1. The van der Waals surface area contributed by atoms with Crippen molar-refractivity contribution in [3.05, 3.63) is 27.3 Å². The van der Waals surface area contributed by atoms with Gasteiger partial charge in [-0.05, 0) is 36.3 Å². The lowest BCUT2D eigenvalue weighted by Crippen LogP contribution is -2.54. The zero-order chi connectivity index (χ0) is 20.4. The average Bonchev–Trinajstić information content (AvgIpc) is 3.25. The molecule has 2 aliphatic rings. The standard InChI is InChI=1S/C19H22N2O4S3/c1-11(2)15(17(23)20-7-5-12(6-8-20)18(24)25)21-16(22)14(28-19(21)26)10-13-4-3-9-27-13/h3-4,9-12,15H,5-8H2,1-2H3,(H,24,25). The largest absolute Gasteiger partial charge is 0.481 e. The highest BCUT2D eigenvalue weighted by Gasteiger charge is 2.43. The van der Waals surface area contributed by atoms with E-state index in [0.717, 1.165) is 4.88 Å². The first-order valence-electron chi connectivity index (χ1n) is 9.11. The Morgan fingerprint density at radius 1 is 1.32 bits per heavy atom. The summed E-state index contributed by atoms with van der Waals surface area (Å²) in [6, 6.07) is 3.16. The highest BCUT2D eigenvalue weighted by Crippen LogP contribution is 2.36. The summed E-state index contributed by atoms with van der Waals surface area (Å²) in [5, 5.41) is 11.1. The van der Waals surface area contributed by atoms with Crippen molar-refractivity contribution >= 4 is 63.5 Å². The first kappa shape index (κ1) is 21.0. The van der Waals surface area contributed by atoms with Crippen molar-refractivity contribution in [3.63, 3.8) is 0 Å². The number of thioether (sulfide) groups is 1. The summed E-state index contributed by atoms with van der Waals surface area (Å²) in [4.78, 5) is 42.0. The van der Waals surface area contributed by atoms with Gasteiger partial charge in [0.2, 0.25) is 5.91 Å². The minimum absolute atomic E-state index is 0.117. The molecule has 2 saturated heterocycles. The van der Waals surface area contributed by atoms with Crippen LogP contribution in [0.1, 0.15) is 31.6 Å². The van der Waals surface area contributed by atoms with Crippen LogP contribution < -0.4 is 0 Å². The van der Waals surface area contributed by atoms with E-state index < -0.39 is 17.9 Å². The van der Waals surface area contributed by atoms with Crippen LogP contribution in [0.3, 0.4) is 0 Å². The molecule has 1 unspecified atom stereocenters. The van der Waals surface area contributed by atoms with Crippen LogP contribution in [0.5, 0.6) is 0 Å². The van der Waals surface area contributed by atoms with E-state index in [1.807, 2.05) is 37.4 Å². The Bertz CT molecular complexity index is 811. The van der Waals surface area contributed by atoms with Crippen molar-refractivity contribution in [2.75, 3.05) is 13.1 Å². The number of hydrogen-bond donors (Lipinski definition) is 1. The Hall–Kier alpha value is -1.71. The van der Waals surface area contributed by atoms with Crippen LogP contribution in [0.4, 0.5) is 0 Å². The number of carbonyl (C=O) groups excluding carboxylic acids is 2. The summed E-state index contributed by atoms with van der Waals surface area (Å²) >= 11 is 8.20. The van der Waals surface area contributed by atoms with Gasteiger partial charge in [-0.15, -0.1) is 11.3 Å². The third kappa shape index (κ3) is 4.31. The minimum Gasteiger partial charge on any atom is -0.481 e. The molecule has 1 aromatic rings. The molecule has 0 bridgehead atoms. The van der Waals surface area contributed by atoms with E-state index in [9.17, 15) is 14.4 Å². The molecule has 2 aliphatic heterocycles. The number of carboxylic acids is 1. The third-order valence-corrected chi connectivity index (χ3v) is 7.11. The van der Waals surface area contributed by atoms with E-state index in [1.165, 1.54) is 28.0 Å². The maximum atomic E-state index is 13.2. The lowest BCUT2D eigenvalue weighted by atomic mass is 9.94. The van der Waals surface area contributed by atoms with Crippen LogP contribution >= 0.6 is 35.3 Å². The van der Waals surface area contributed by atoms with Gasteiger partial charge in [-0.25, -0.2) is 0 Å². The van der Waals surface area contributed by atoms with Gasteiger partial charge in [0.1, 0.15) is 10.4 Å². The molecule has 28 heavy (non-hydrogen) atoms. The summed E-state index contributed by atoms with van der Waals surface area (Å²) in [7, 11) is 0. The van der Waals surface area contributed by atoms with Gasteiger partial charge in [-0.1, -0.05) is 43.9 Å². The fourth-order valence-electron chi connectivity index (χ4n) is 3.45. The number of thiophene rings is 1.